The molecule has 6 heteroatoms. The van der Waals surface area contributed by atoms with Crippen LogP contribution in [-0.4, -0.2) is 50.2 Å². The molecule has 2 heterocycles. The highest BCUT2D eigenvalue weighted by Gasteiger charge is 2.35. The third-order valence-electron chi connectivity index (χ3n) is 4.92. The fraction of sp³-hybridized carbons (Fsp3) is 0.421. The second-order valence-electron chi connectivity index (χ2n) is 6.56. The predicted octanol–water partition coefficient (Wildman–Crippen LogP) is 3.44. The van der Waals surface area contributed by atoms with E-state index < -0.39 is 0 Å². The lowest BCUT2D eigenvalue weighted by Gasteiger charge is -2.42. The standard InChI is InChI=1S/C19H23ClN2O3/c1-22(2)19(9-11-24-12-10-19)13-21-18(23)17-8-7-16(25-17)14-5-3-4-6-15(14)20/h3-8H,9-13H2,1-2H3,(H,21,23). The van der Waals surface area contributed by atoms with E-state index in [9.17, 15) is 4.79 Å². The maximum atomic E-state index is 12.5. The van der Waals surface area contributed by atoms with E-state index in [0.717, 1.165) is 18.4 Å². The number of nitrogens with one attached hydrogen (secondary N) is 1. The third-order valence-corrected chi connectivity index (χ3v) is 5.25. The van der Waals surface area contributed by atoms with Gasteiger partial charge in [0.15, 0.2) is 5.76 Å². The van der Waals surface area contributed by atoms with Crippen molar-refractivity contribution in [2.75, 3.05) is 33.9 Å². The maximum Gasteiger partial charge on any atom is 0.287 e. The van der Waals surface area contributed by atoms with Gasteiger partial charge in [-0.3, -0.25) is 4.79 Å². The molecule has 0 spiro atoms. The van der Waals surface area contributed by atoms with Crippen LogP contribution in [0, 0.1) is 0 Å². The summed E-state index contributed by atoms with van der Waals surface area (Å²) in [5, 5.41) is 3.60. The monoisotopic (exact) mass is 362 g/mol. The SMILES string of the molecule is CN(C)C1(CNC(=O)c2ccc(-c3ccccc3Cl)o2)CCOCC1. The second-order valence-corrected chi connectivity index (χ2v) is 6.96. The number of benzene rings is 1. The van der Waals surface area contributed by atoms with Gasteiger partial charge in [-0.15, -0.1) is 0 Å². The van der Waals surface area contributed by atoms with Crippen molar-refractivity contribution in [3.05, 3.63) is 47.2 Å². The zero-order valence-electron chi connectivity index (χ0n) is 14.5. The molecule has 0 unspecified atom stereocenters. The smallest absolute Gasteiger partial charge is 0.287 e. The van der Waals surface area contributed by atoms with E-state index in [2.05, 4.69) is 10.2 Å². The van der Waals surface area contributed by atoms with Gasteiger partial charge < -0.3 is 19.4 Å². The molecule has 1 aromatic carbocycles. The first-order valence-corrected chi connectivity index (χ1v) is 8.78. The maximum absolute atomic E-state index is 12.5. The molecule has 0 bridgehead atoms. The lowest BCUT2D eigenvalue weighted by molar-refractivity contribution is -0.00668. The molecule has 1 fully saturated rings. The summed E-state index contributed by atoms with van der Waals surface area (Å²) in [6.07, 6.45) is 1.78. The van der Waals surface area contributed by atoms with Gasteiger partial charge in [-0.05, 0) is 51.2 Å². The summed E-state index contributed by atoms with van der Waals surface area (Å²) in [6.45, 7) is 1.99. The number of furan rings is 1. The first-order chi connectivity index (χ1) is 12.0. The molecule has 5 nitrogen and oxygen atoms in total. The Morgan fingerprint density at radius 3 is 2.60 bits per heavy atom. The molecule has 1 aliphatic rings. The molecule has 0 radical (unpaired) electrons. The summed E-state index contributed by atoms with van der Waals surface area (Å²) in [5.74, 6) is 0.658. The van der Waals surface area contributed by atoms with E-state index in [1.54, 1.807) is 18.2 Å². The molecule has 3 rings (SSSR count). The molecule has 1 aliphatic heterocycles. The summed E-state index contributed by atoms with van der Waals surface area (Å²) < 4.78 is 11.2. The van der Waals surface area contributed by atoms with E-state index in [4.69, 9.17) is 20.8 Å². The highest BCUT2D eigenvalue weighted by atomic mass is 35.5. The molecule has 25 heavy (non-hydrogen) atoms. The van der Waals surface area contributed by atoms with E-state index in [1.165, 1.54) is 0 Å². The van der Waals surface area contributed by atoms with Gasteiger partial charge in [-0.2, -0.15) is 0 Å². The largest absolute Gasteiger partial charge is 0.451 e. The van der Waals surface area contributed by atoms with Gasteiger partial charge in [-0.1, -0.05) is 23.7 Å². The molecule has 1 amide bonds. The fourth-order valence-corrected chi connectivity index (χ4v) is 3.36. The molecule has 1 aromatic heterocycles. The van der Waals surface area contributed by atoms with Crippen LogP contribution in [0.5, 0.6) is 0 Å². The van der Waals surface area contributed by atoms with Crippen LogP contribution in [0.3, 0.4) is 0 Å². The topological polar surface area (TPSA) is 54.7 Å². The summed E-state index contributed by atoms with van der Waals surface area (Å²) >= 11 is 6.19. The number of rotatable bonds is 5. The van der Waals surface area contributed by atoms with E-state index in [0.29, 0.717) is 30.5 Å². The number of hydrogen-bond donors (Lipinski definition) is 1. The zero-order chi connectivity index (χ0) is 17.9. The summed E-state index contributed by atoms with van der Waals surface area (Å²) in [6, 6.07) is 10.9. The lowest BCUT2D eigenvalue weighted by atomic mass is 9.88. The van der Waals surface area contributed by atoms with Crippen LogP contribution in [0.25, 0.3) is 11.3 Å². The molecular weight excluding hydrogens is 340 g/mol. The number of hydrogen-bond acceptors (Lipinski definition) is 4. The predicted molar refractivity (Wildman–Crippen MR) is 98.0 cm³/mol. The van der Waals surface area contributed by atoms with E-state index >= 15 is 0 Å². The summed E-state index contributed by atoms with van der Waals surface area (Å²) in [5.41, 5.74) is 0.698. The number of amides is 1. The van der Waals surface area contributed by atoms with Crippen molar-refractivity contribution in [1.82, 2.24) is 10.2 Å². The molecule has 1 N–H and O–H groups in total. The molecule has 2 aromatic rings. The Labute approximate surface area is 152 Å². The van der Waals surface area contributed by atoms with Gasteiger partial charge in [0.2, 0.25) is 0 Å². The van der Waals surface area contributed by atoms with Crippen molar-refractivity contribution in [3.63, 3.8) is 0 Å². The Morgan fingerprint density at radius 2 is 1.92 bits per heavy atom. The minimum Gasteiger partial charge on any atom is -0.451 e. The molecule has 0 atom stereocenters. The van der Waals surface area contributed by atoms with Crippen LogP contribution in [0.1, 0.15) is 23.4 Å². The van der Waals surface area contributed by atoms with E-state index in [-0.39, 0.29) is 17.2 Å². The van der Waals surface area contributed by atoms with Gasteiger partial charge in [0.1, 0.15) is 5.76 Å². The minimum absolute atomic E-state index is 0.0773. The van der Waals surface area contributed by atoms with Crippen molar-refractivity contribution in [1.29, 1.82) is 0 Å². The highest BCUT2D eigenvalue weighted by Crippen LogP contribution is 2.29. The van der Waals surface area contributed by atoms with Crippen LogP contribution in [-0.2, 0) is 4.74 Å². The first kappa shape index (κ1) is 18.0. The van der Waals surface area contributed by atoms with Crippen LogP contribution < -0.4 is 5.32 Å². The average molecular weight is 363 g/mol. The number of carbonyl (C=O) groups is 1. The Morgan fingerprint density at radius 1 is 1.20 bits per heavy atom. The number of ether oxygens (including phenoxy) is 1. The Balaban J connectivity index is 1.69. The van der Waals surface area contributed by atoms with Gasteiger partial charge in [0.05, 0.1) is 5.02 Å². The Hall–Kier alpha value is -1.82. The van der Waals surface area contributed by atoms with Crippen molar-refractivity contribution in [2.45, 2.75) is 18.4 Å². The van der Waals surface area contributed by atoms with Crippen molar-refractivity contribution in [2.24, 2.45) is 0 Å². The first-order valence-electron chi connectivity index (χ1n) is 8.40. The molecule has 134 valence electrons. The Bertz CT molecular complexity index is 736. The average Bonchev–Trinajstić information content (AvgIpc) is 3.10. The normalized spacial score (nSPS) is 16.8. The summed E-state index contributed by atoms with van der Waals surface area (Å²) in [7, 11) is 4.08. The van der Waals surface area contributed by atoms with Crippen molar-refractivity contribution >= 4 is 17.5 Å². The van der Waals surface area contributed by atoms with Crippen molar-refractivity contribution in [3.8, 4) is 11.3 Å². The van der Waals surface area contributed by atoms with Gasteiger partial charge in [-0.25, -0.2) is 0 Å². The van der Waals surface area contributed by atoms with Crippen LogP contribution >= 0.6 is 11.6 Å². The molecule has 0 saturated carbocycles. The molecular formula is C19H23ClN2O3. The third kappa shape index (κ3) is 3.89. The lowest BCUT2D eigenvalue weighted by Crippen LogP contribution is -2.55. The highest BCUT2D eigenvalue weighted by molar-refractivity contribution is 6.33. The molecule has 0 aliphatic carbocycles. The van der Waals surface area contributed by atoms with E-state index in [1.807, 2.05) is 32.3 Å². The van der Waals surface area contributed by atoms with Crippen LogP contribution in [0.4, 0.5) is 0 Å². The summed E-state index contributed by atoms with van der Waals surface area (Å²) in [4.78, 5) is 14.7. The van der Waals surface area contributed by atoms with Gasteiger partial charge in [0.25, 0.3) is 5.91 Å². The fourth-order valence-electron chi connectivity index (χ4n) is 3.13. The Kier molecular flexibility index (Phi) is 5.47. The van der Waals surface area contributed by atoms with Crippen LogP contribution in [0.2, 0.25) is 5.02 Å². The second kappa shape index (κ2) is 7.60. The number of nitrogens with zero attached hydrogens (tertiary/aromatic N) is 1. The zero-order valence-corrected chi connectivity index (χ0v) is 15.3. The quantitative estimate of drug-likeness (QED) is 0.885. The number of likely N-dealkylation sites (N-methyl/N-ethyl adjacent to an activating group) is 1. The number of carbonyl (C=O) groups excluding carboxylic acids is 1. The van der Waals surface area contributed by atoms with Crippen molar-refractivity contribution < 1.29 is 13.9 Å². The minimum atomic E-state index is -0.217. The number of halogens is 1. The van der Waals surface area contributed by atoms with Gasteiger partial charge >= 0.3 is 0 Å². The van der Waals surface area contributed by atoms with Crippen LogP contribution in [0.15, 0.2) is 40.8 Å². The molecule has 1 saturated heterocycles. The van der Waals surface area contributed by atoms with Gasteiger partial charge in [0, 0.05) is 30.9 Å².